The molecule has 1 aromatic rings. The van der Waals surface area contributed by atoms with Crippen LogP contribution in [0.2, 0.25) is 5.02 Å². The van der Waals surface area contributed by atoms with Gasteiger partial charge in [0.05, 0.1) is 16.2 Å². The summed E-state index contributed by atoms with van der Waals surface area (Å²) in [7, 11) is 4.04. The molecule has 1 aliphatic heterocycles. The van der Waals surface area contributed by atoms with E-state index in [2.05, 4.69) is 11.4 Å². The van der Waals surface area contributed by atoms with Crippen molar-refractivity contribution in [1.82, 2.24) is 4.90 Å². The van der Waals surface area contributed by atoms with E-state index in [1.54, 1.807) is 0 Å². The van der Waals surface area contributed by atoms with E-state index in [4.69, 9.17) is 16.6 Å². The Morgan fingerprint density at radius 2 is 1.95 bits per heavy atom. The van der Waals surface area contributed by atoms with Crippen molar-refractivity contribution in [2.24, 2.45) is 4.99 Å². The Morgan fingerprint density at radius 3 is 2.63 bits per heavy atom. The maximum atomic E-state index is 6.38. The molecule has 0 unspecified atom stereocenters. The van der Waals surface area contributed by atoms with Crippen molar-refractivity contribution in [3.05, 3.63) is 28.8 Å². The van der Waals surface area contributed by atoms with Gasteiger partial charge in [0, 0.05) is 19.7 Å². The van der Waals surface area contributed by atoms with Crippen molar-refractivity contribution < 1.29 is 0 Å². The number of rotatable bonds is 0. The van der Waals surface area contributed by atoms with Crippen LogP contribution in [0.3, 0.4) is 0 Å². The van der Waals surface area contributed by atoms with E-state index in [0.29, 0.717) is 0 Å². The monoisotopic (exact) mass is 277 g/mol. The minimum atomic E-state index is -0.0661. The number of guanidine groups is 1. The third-order valence-electron chi connectivity index (χ3n) is 4.18. The first-order chi connectivity index (χ1) is 9.12. The smallest absolute Gasteiger partial charge is 0.198 e. The van der Waals surface area contributed by atoms with Gasteiger partial charge in [-0.25, -0.2) is 4.99 Å². The standard InChI is InChI=1S/C15H20ClN3/c1-19(2)14-17-13-11(7-6-8-12(13)16)15(18-14)9-4-3-5-10-15/h6-8H,3-5,9-10H2,1-2H3,(H,17,18). The van der Waals surface area contributed by atoms with Gasteiger partial charge in [-0.3, -0.25) is 0 Å². The molecule has 0 saturated heterocycles. The number of fused-ring (bicyclic) bond motifs is 2. The van der Waals surface area contributed by atoms with Crippen LogP contribution in [0.1, 0.15) is 37.7 Å². The lowest BCUT2D eigenvalue weighted by molar-refractivity contribution is 0.300. The molecule has 1 spiro atoms. The van der Waals surface area contributed by atoms with Gasteiger partial charge in [0.1, 0.15) is 0 Å². The molecule has 0 amide bonds. The number of anilines is 1. The quantitative estimate of drug-likeness (QED) is 0.780. The van der Waals surface area contributed by atoms with Crippen molar-refractivity contribution in [3.63, 3.8) is 0 Å². The van der Waals surface area contributed by atoms with Gasteiger partial charge in [-0.1, -0.05) is 43.0 Å². The highest BCUT2D eigenvalue weighted by Gasteiger charge is 2.39. The zero-order valence-corrected chi connectivity index (χ0v) is 12.3. The molecule has 3 nitrogen and oxygen atoms in total. The number of nitrogens with one attached hydrogen (secondary N) is 1. The van der Waals surface area contributed by atoms with Crippen molar-refractivity contribution in [3.8, 4) is 0 Å². The van der Waals surface area contributed by atoms with Gasteiger partial charge in [-0.2, -0.15) is 0 Å². The Kier molecular flexibility index (Phi) is 3.17. The predicted octanol–water partition coefficient (Wildman–Crippen LogP) is 3.84. The summed E-state index contributed by atoms with van der Waals surface area (Å²) in [5.74, 6) is 0.919. The zero-order valence-electron chi connectivity index (χ0n) is 11.5. The van der Waals surface area contributed by atoms with E-state index < -0.39 is 0 Å². The molecule has 0 radical (unpaired) electrons. The number of halogens is 1. The molecule has 19 heavy (non-hydrogen) atoms. The molecule has 4 heteroatoms. The summed E-state index contributed by atoms with van der Waals surface area (Å²) in [6.07, 6.45) is 6.06. The van der Waals surface area contributed by atoms with Crippen LogP contribution in [0.15, 0.2) is 23.2 Å². The molecule has 3 rings (SSSR count). The summed E-state index contributed by atoms with van der Waals surface area (Å²) in [6.45, 7) is 0. The molecular weight excluding hydrogens is 258 g/mol. The van der Waals surface area contributed by atoms with Crippen LogP contribution in [0.5, 0.6) is 0 Å². The fourth-order valence-corrected chi connectivity index (χ4v) is 3.39. The van der Waals surface area contributed by atoms with Gasteiger partial charge in [0.25, 0.3) is 0 Å². The van der Waals surface area contributed by atoms with Crippen molar-refractivity contribution in [2.75, 3.05) is 19.4 Å². The molecule has 1 fully saturated rings. The van der Waals surface area contributed by atoms with Gasteiger partial charge >= 0.3 is 0 Å². The van der Waals surface area contributed by atoms with E-state index in [1.165, 1.54) is 24.8 Å². The summed E-state index contributed by atoms with van der Waals surface area (Å²) in [5.41, 5.74) is 2.25. The Labute approximate surface area is 119 Å². The second-order valence-corrected chi connectivity index (χ2v) is 6.12. The number of nitrogens with zero attached hydrogens (tertiary/aromatic N) is 2. The minimum absolute atomic E-state index is 0.0661. The molecule has 2 aliphatic rings. The largest absolute Gasteiger partial charge is 0.349 e. The third kappa shape index (κ3) is 2.10. The Bertz CT molecular complexity index is 516. The lowest BCUT2D eigenvalue weighted by Gasteiger charge is -2.40. The first kappa shape index (κ1) is 12.8. The molecule has 102 valence electrons. The van der Waals surface area contributed by atoms with Gasteiger partial charge in [-0.15, -0.1) is 0 Å². The predicted molar refractivity (Wildman–Crippen MR) is 81.0 cm³/mol. The topological polar surface area (TPSA) is 27.6 Å². The van der Waals surface area contributed by atoms with Gasteiger partial charge in [0.15, 0.2) is 5.96 Å². The van der Waals surface area contributed by atoms with Gasteiger partial charge in [-0.05, 0) is 18.9 Å². The number of para-hydroxylation sites is 1. The number of hydrogen-bond donors (Lipinski definition) is 1. The average Bonchev–Trinajstić information content (AvgIpc) is 2.41. The van der Waals surface area contributed by atoms with Gasteiger partial charge < -0.3 is 10.2 Å². The molecule has 1 heterocycles. The van der Waals surface area contributed by atoms with E-state index in [0.717, 1.165) is 29.5 Å². The minimum Gasteiger partial charge on any atom is -0.349 e. The van der Waals surface area contributed by atoms with E-state index in [9.17, 15) is 0 Å². The summed E-state index contributed by atoms with van der Waals surface area (Å²) in [4.78, 5) is 7.06. The summed E-state index contributed by atoms with van der Waals surface area (Å²) < 4.78 is 0. The maximum Gasteiger partial charge on any atom is 0.198 e. The summed E-state index contributed by atoms with van der Waals surface area (Å²) in [6, 6.07) is 6.16. The van der Waals surface area contributed by atoms with Crippen LogP contribution in [-0.4, -0.2) is 25.0 Å². The first-order valence-corrected chi connectivity index (χ1v) is 7.33. The third-order valence-corrected chi connectivity index (χ3v) is 4.49. The SMILES string of the molecule is CN(C)C1=NC2(CCCCC2)c2cccc(Cl)c2N1. The lowest BCUT2D eigenvalue weighted by Crippen LogP contribution is -2.40. The second-order valence-electron chi connectivity index (χ2n) is 5.71. The highest BCUT2D eigenvalue weighted by atomic mass is 35.5. The molecule has 0 atom stereocenters. The van der Waals surface area contributed by atoms with Crippen LogP contribution in [-0.2, 0) is 5.54 Å². The number of hydrogen-bond acceptors (Lipinski definition) is 3. The fraction of sp³-hybridized carbons (Fsp3) is 0.533. The van der Waals surface area contributed by atoms with E-state index >= 15 is 0 Å². The van der Waals surface area contributed by atoms with Crippen LogP contribution < -0.4 is 5.32 Å². The van der Waals surface area contributed by atoms with E-state index in [-0.39, 0.29) is 5.54 Å². The van der Waals surface area contributed by atoms with Crippen LogP contribution >= 0.6 is 11.6 Å². The molecular formula is C15H20ClN3. The molecule has 0 aromatic heterocycles. The average molecular weight is 278 g/mol. The Morgan fingerprint density at radius 1 is 1.21 bits per heavy atom. The Hall–Kier alpha value is -1.22. The number of aliphatic imine (C=N–C) groups is 1. The fourth-order valence-electron chi connectivity index (χ4n) is 3.17. The summed E-state index contributed by atoms with van der Waals surface area (Å²) >= 11 is 6.38. The maximum absolute atomic E-state index is 6.38. The zero-order chi connectivity index (χ0) is 13.5. The molecule has 1 saturated carbocycles. The van der Waals surface area contributed by atoms with Crippen LogP contribution in [0, 0.1) is 0 Å². The van der Waals surface area contributed by atoms with Gasteiger partial charge in [0.2, 0.25) is 0 Å². The summed E-state index contributed by atoms with van der Waals surface area (Å²) in [5, 5.41) is 4.17. The molecule has 1 aromatic carbocycles. The molecule has 0 bridgehead atoms. The van der Waals surface area contributed by atoms with Crippen LogP contribution in [0.4, 0.5) is 5.69 Å². The van der Waals surface area contributed by atoms with Crippen molar-refractivity contribution in [2.45, 2.75) is 37.6 Å². The highest BCUT2D eigenvalue weighted by molar-refractivity contribution is 6.34. The van der Waals surface area contributed by atoms with E-state index in [1.807, 2.05) is 31.1 Å². The molecule has 1 N–H and O–H groups in total. The lowest BCUT2D eigenvalue weighted by atomic mass is 9.76. The van der Waals surface area contributed by atoms with Crippen LogP contribution in [0.25, 0.3) is 0 Å². The van der Waals surface area contributed by atoms with Crippen molar-refractivity contribution >= 4 is 23.2 Å². The normalized spacial score (nSPS) is 20.5. The Balaban J connectivity index is 2.14. The van der Waals surface area contributed by atoms with Crippen molar-refractivity contribution in [1.29, 1.82) is 0 Å². The first-order valence-electron chi connectivity index (χ1n) is 6.96. The number of benzene rings is 1. The molecule has 1 aliphatic carbocycles. The second kappa shape index (κ2) is 4.71. The highest BCUT2D eigenvalue weighted by Crippen LogP contribution is 2.47.